The van der Waals surface area contributed by atoms with Crippen LogP contribution in [-0.2, 0) is 14.3 Å². The van der Waals surface area contributed by atoms with E-state index in [1.807, 2.05) is 19.9 Å². The first kappa shape index (κ1) is 20.2. The van der Waals surface area contributed by atoms with Crippen LogP contribution < -0.4 is 10.6 Å². The lowest BCUT2D eigenvalue weighted by Crippen LogP contribution is -2.29. The van der Waals surface area contributed by atoms with Crippen molar-refractivity contribution >= 4 is 22.4 Å². The summed E-state index contributed by atoms with van der Waals surface area (Å²) in [5.41, 5.74) is 0.426. The molecule has 0 saturated carbocycles. The number of carbonyl (C=O) groups is 1. The number of nitriles is 1. The number of amides is 1. The van der Waals surface area contributed by atoms with Gasteiger partial charge in [-0.1, -0.05) is 24.3 Å². The van der Waals surface area contributed by atoms with Crippen molar-refractivity contribution in [2.45, 2.75) is 20.1 Å². The molecule has 2 rings (SSSR count). The summed E-state index contributed by atoms with van der Waals surface area (Å²) in [5.74, 6) is -0.426. The molecule has 2 aromatic rings. The number of aromatic hydroxyl groups is 1. The van der Waals surface area contributed by atoms with Crippen LogP contribution in [0.3, 0.4) is 0 Å². The summed E-state index contributed by atoms with van der Waals surface area (Å²) in [6.07, 6.45) is 0.878. The smallest absolute Gasteiger partial charge is 0.267 e. The molecule has 2 aromatic carbocycles. The molecule has 27 heavy (non-hydrogen) atoms. The first-order valence-electron chi connectivity index (χ1n) is 8.69. The predicted molar refractivity (Wildman–Crippen MR) is 103 cm³/mol. The maximum Gasteiger partial charge on any atom is 0.267 e. The molecule has 0 aliphatic carbocycles. The van der Waals surface area contributed by atoms with E-state index in [1.54, 1.807) is 36.4 Å². The Morgan fingerprint density at radius 2 is 1.85 bits per heavy atom. The predicted octanol–water partition coefficient (Wildman–Crippen LogP) is 2.88. The quantitative estimate of drug-likeness (QED) is 0.357. The minimum absolute atomic E-state index is 0.0843. The van der Waals surface area contributed by atoms with E-state index in [0.29, 0.717) is 36.2 Å². The lowest BCUT2D eigenvalue weighted by molar-refractivity contribution is -0.131. The summed E-state index contributed by atoms with van der Waals surface area (Å²) in [6.45, 7) is 5.02. The normalized spacial score (nSPS) is 11.4. The van der Waals surface area contributed by atoms with E-state index in [1.165, 1.54) is 6.20 Å². The van der Waals surface area contributed by atoms with Gasteiger partial charge in [-0.15, -0.1) is 0 Å². The Morgan fingerprint density at radius 1 is 1.19 bits per heavy atom. The van der Waals surface area contributed by atoms with Gasteiger partial charge in [0.2, 0.25) is 0 Å². The number of phenols is 1. The van der Waals surface area contributed by atoms with Gasteiger partial charge in [0.15, 0.2) is 6.29 Å². The number of benzene rings is 2. The van der Waals surface area contributed by atoms with Crippen LogP contribution in [0.4, 0.5) is 5.69 Å². The van der Waals surface area contributed by atoms with Crippen molar-refractivity contribution in [3.05, 3.63) is 48.2 Å². The average molecular weight is 369 g/mol. The molecule has 1 amide bonds. The highest BCUT2D eigenvalue weighted by Crippen LogP contribution is 2.29. The number of hydrogen-bond donors (Lipinski definition) is 3. The molecular formula is C20H23N3O4. The average Bonchev–Trinajstić information content (AvgIpc) is 2.66. The van der Waals surface area contributed by atoms with Gasteiger partial charge in [-0.05, 0) is 26.0 Å². The highest BCUT2D eigenvalue weighted by atomic mass is 16.7. The van der Waals surface area contributed by atoms with Gasteiger partial charge in [0.05, 0.1) is 6.54 Å². The van der Waals surface area contributed by atoms with Crippen molar-refractivity contribution in [1.29, 1.82) is 5.26 Å². The first-order chi connectivity index (χ1) is 13.1. The topological polar surface area (TPSA) is 104 Å². The van der Waals surface area contributed by atoms with Gasteiger partial charge >= 0.3 is 0 Å². The van der Waals surface area contributed by atoms with Crippen LogP contribution in [0.1, 0.15) is 13.8 Å². The number of nitrogens with zero attached hydrogens (tertiary/aromatic N) is 1. The zero-order valence-corrected chi connectivity index (χ0v) is 15.4. The molecule has 0 heterocycles. The Labute approximate surface area is 158 Å². The number of ether oxygens (including phenoxy) is 2. The molecule has 0 spiro atoms. The van der Waals surface area contributed by atoms with Crippen LogP contribution in [0.2, 0.25) is 0 Å². The van der Waals surface area contributed by atoms with Crippen molar-refractivity contribution < 1.29 is 19.4 Å². The van der Waals surface area contributed by atoms with Crippen LogP contribution in [0.25, 0.3) is 10.8 Å². The minimum atomic E-state index is -0.551. The largest absolute Gasteiger partial charge is 0.507 e. The molecule has 7 heteroatoms. The standard InChI is InChI=1S/C20H23N3O4/c1-3-26-19(27-4-2)13-22-12-14(11-21)20(25)23-17-9-5-8-16-15(17)7-6-10-18(16)24/h5-10,12,19,22,24H,3-4,13H2,1-2H3,(H,23,25)/b14-12-. The summed E-state index contributed by atoms with van der Waals surface area (Å²) < 4.78 is 10.8. The summed E-state index contributed by atoms with van der Waals surface area (Å²) in [6, 6.07) is 12.1. The lowest BCUT2D eigenvalue weighted by Gasteiger charge is -2.16. The number of phenolic OH excluding ortho intramolecular Hbond substituents is 1. The van der Waals surface area contributed by atoms with Crippen LogP contribution >= 0.6 is 0 Å². The van der Waals surface area contributed by atoms with Gasteiger partial charge in [-0.25, -0.2) is 0 Å². The fraction of sp³-hybridized carbons (Fsp3) is 0.300. The van der Waals surface area contributed by atoms with Crippen LogP contribution in [-0.4, -0.2) is 37.1 Å². The van der Waals surface area contributed by atoms with Crippen LogP contribution in [0.5, 0.6) is 5.75 Å². The fourth-order valence-electron chi connectivity index (χ4n) is 2.54. The number of anilines is 1. The van der Waals surface area contributed by atoms with Gasteiger partial charge in [0.1, 0.15) is 17.4 Å². The number of carbonyl (C=O) groups excluding carboxylic acids is 1. The maximum atomic E-state index is 12.4. The molecule has 0 bridgehead atoms. The van der Waals surface area contributed by atoms with Gasteiger partial charge in [-0.3, -0.25) is 4.79 Å². The molecule has 0 unspecified atom stereocenters. The molecule has 0 aliphatic rings. The van der Waals surface area contributed by atoms with Gasteiger partial charge in [0.25, 0.3) is 5.91 Å². The first-order valence-corrected chi connectivity index (χ1v) is 8.69. The van der Waals surface area contributed by atoms with Crippen LogP contribution in [0.15, 0.2) is 48.2 Å². The van der Waals surface area contributed by atoms with Crippen molar-refractivity contribution in [2.75, 3.05) is 25.1 Å². The fourth-order valence-corrected chi connectivity index (χ4v) is 2.54. The molecule has 0 fully saturated rings. The highest BCUT2D eigenvalue weighted by molar-refractivity contribution is 6.11. The monoisotopic (exact) mass is 369 g/mol. The van der Waals surface area contributed by atoms with Gasteiger partial charge in [-0.2, -0.15) is 5.26 Å². The number of nitrogens with one attached hydrogen (secondary N) is 2. The Hall–Kier alpha value is -3.08. The number of fused-ring (bicyclic) bond motifs is 1. The molecule has 0 saturated heterocycles. The third kappa shape index (κ3) is 5.45. The molecular weight excluding hydrogens is 346 g/mol. The van der Waals surface area contributed by atoms with Crippen molar-refractivity contribution in [1.82, 2.24) is 5.32 Å². The molecule has 0 aliphatic heterocycles. The Morgan fingerprint density at radius 3 is 2.52 bits per heavy atom. The molecule has 0 radical (unpaired) electrons. The maximum absolute atomic E-state index is 12.4. The van der Waals surface area contributed by atoms with E-state index >= 15 is 0 Å². The molecule has 0 aromatic heterocycles. The third-order valence-electron chi connectivity index (χ3n) is 3.75. The summed E-state index contributed by atoms with van der Waals surface area (Å²) in [4.78, 5) is 12.4. The van der Waals surface area contributed by atoms with E-state index in [4.69, 9.17) is 9.47 Å². The Kier molecular flexibility index (Phi) is 7.62. The van der Waals surface area contributed by atoms with E-state index in [9.17, 15) is 15.2 Å². The van der Waals surface area contributed by atoms with Gasteiger partial charge < -0.3 is 25.2 Å². The highest BCUT2D eigenvalue weighted by Gasteiger charge is 2.13. The van der Waals surface area contributed by atoms with E-state index in [-0.39, 0.29) is 11.3 Å². The van der Waals surface area contributed by atoms with E-state index in [2.05, 4.69) is 10.6 Å². The molecule has 142 valence electrons. The number of hydrogen-bond acceptors (Lipinski definition) is 6. The second kappa shape index (κ2) is 10.2. The second-order valence-electron chi connectivity index (χ2n) is 5.55. The summed E-state index contributed by atoms with van der Waals surface area (Å²) in [5, 5.41) is 26.1. The van der Waals surface area contributed by atoms with Crippen LogP contribution in [0, 0.1) is 11.3 Å². The third-order valence-corrected chi connectivity index (χ3v) is 3.75. The van der Waals surface area contributed by atoms with E-state index in [0.717, 1.165) is 0 Å². The zero-order valence-electron chi connectivity index (χ0n) is 15.4. The Bertz CT molecular complexity index is 852. The van der Waals surface area contributed by atoms with Gasteiger partial charge in [0, 0.05) is 35.9 Å². The molecule has 0 atom stereocenters. The zero-order chi connectivity index (χ0) is 19.6. The summed E-state index contributed by atoms with van der Waals surface area (Å²) >= 11 is 0. The summed E-state index contributed by atoms with van der Waals surface area (Å²) in [7, 11) is 0. The second-order valence-corrected chi connectivity index (χ2v) is 5.55. The lowest BCUT2D eigenvalue weighted by atomic mass is 10.1. The molecule has 3 N–H and O–H groups in total. The Balaban J connectivity index is 2.09. The minimum Gasteiger partial charge on any atom is -0.507 e. The molecule has 7 nitrogen and oxygen atoms in total. The van der Waals surface area contributed by atoms with Crippen molar-refractivity contribution in [3.8, 4) is 11.8 Å². The number of rotatable bonds is 9. The SMILES string of the molecule is CCOC(CN/C=C(/C#N)C(=O)Nc1cccc2c(O)cccc12)OCC. The van der Waals surface area contributed by atoms with Crippen molar-refractivity contribution in [2.24, 2.45) is 0 Å². The van der Waals surface area contributed by atoms with Crippen molar-refractivity contribution in [3.63, 3.8) is 0 Å². The van der Waals surface area contributed by atoms with E-state index < -0.39 is 12.2 Å².